The van der Waals surface area contributed by atoms with Gasteiger partial charge in [0.05, 0.1) is 6.61 Å². The number of aliphatic hydroxyl groups is 1. The molecule has 1 heterocycles. The standard InChI is InChI=1S/C17H21FN4O4/c1-26-6-5-22-14(9-23)20-21-16(22)10-7-11(8-10)19-17(25)15-12(18)3-2-4-13(15)24/h2-4,10-11,23-24H,5-9H2,1H3,(H,19,25). The van der Waals surface area contributed by atoms with Crippen LogP contribution in [0.1, 0.15) is 40.8 Å². The Bertz CT molecular complexity index is 769. The highest BCUT2D eigenvalue weighted by Gasteiger charge is 2.36. The molecule has 9 heteroatoms. The second-order valence-electron chi connectivity index (χ2n) is 6.25. The summed E-state index contributed by atoms with van der Waals surface area (Å²) in [5, 5.41) is 29.9. The Balaban J connectivity index is 1.63. The van der Waals surface area contributed by atoms with Crippen LogP contribution in [0.25, 0.3) is 0 Å². The SMILES string of the molecule is COCCn1c(CO)nnc1C1CC(NC(=O)c2c(O)cccc2F)C1. The van der Waals surface area contributed by atoms with E-state index in [1.807, 2.05) is 4.57 Å². The largest absolute Gasteiger partial charge is 0.507 e. The number of aliphatic hydroxyl groups excluding tert-OH is 1. The van der Waals surface area contributed by atoms with Gasteiger partial charge < -0.3 is 24.8 Å². The predicted octanol–water partition coefficient (Wildman–Crippen LogP) is 0.937. The lowest BCUT2D eigenvalue weighted by atomic mass is 9.79. The summed E-state index contributed by atoms with van der Waals surface area (Å²) in [6.45, 7) is 0.791. The summed E-state index contributed by atoms with van der Waals surface area (Å²) in [6, 6.07) is 3.60. The molecule has 8 nitrogen and oxygen atoms in total. The Kier molecular flexibility index (Phi) is 5.48. The molecule has 1 amide bonds. The molecular weight excluding hydrogens is 343 g/mol. The molecule has 3 rings (SSSR count). The van der Waals surface area contributed by atoms with Gasteiger partial charge in [-0.05, 0) is 25.0 Å². The van der Waals surface area contributed by atoms with Gasteiger partial charge in [0.25, 0.3) is 5.91 Å². The number of aromatic nitrogens is 3. The number of ether oxygens (including phenoxy) is 1. The van der Waals surface area contributed by atoms with Crippen molar-refractivity contribution < 1.29 is 24.1 Å². The normalized spacial score (nSPS) is 19.2. The number of carbonyl (C=O) groups excluding carboxylic acids is 1. The second-order valence-corrected chi connectivity index (χ2v) is 6.25. The van der Waals surface area contributed by atoms with E-state index in [4.69, 9.17) is 4.74 Å². The molecule has 1 fully saturated rings. The van der Waals surface area contributed by atoms with Crippen molar-refractivity contribution in [1.82, 2.24) is 20.1 Å². The first-order valence-electron chi connectivity index (χ1n) is 8.35. The molecule has 0 unspecified atom stereocenters. The average Bonchev–Trinajstić information content (AvgIpc) is 2.98. The Morgan fingerprint density at radius 3 is 2.85 bits per heavy atom. The van der Waals surface area contributed by atoms with Gasteiger partial charge in [-0.1, -0.05) is 6.07 Å². The molecule has 140 valence electrons. The number of carbonyl (C=O) groups is 1. The fourth-order valence-corrected chi connectivity index (χ4v) is 3.14. The van der Waals surface area contributed by atoms with Gasteiger partial charge in [0.2, 0.25) is 0 Å². The summed E-state index contributed by atoms with van der Waals surface area (Å²) in [5.41, 5.74) is -0.346. The molecule has 0 atom stereocenters. The van der Waals surface area contributed by atoms with Crippen molar-refractivity contribution in [2.45, 2.75) is 38.0 Å². The molecule has 0 bridgehead atoms. The van der Waals surface area contributed by atoms with Crippen LogP contribution < -0.4 is 5.32 Å². The molecule has 3 N–H and O–H groups in total. The Morgan fingerprint density at radius 1 is 1.42 bits per heavy atom. The van der Waals surface area contributed by atoms with Crippen LogP contribution in [-0.2, 0) is 17.9 Å². The van der Waals surface area contributed by atoms with Gasteiger partial charge in [0.15, 0.2) is 5.82 Å². The maximum atomic E-state index is 13.7. The number of rotatable bonds is 7. The number of hydrogen-bond donors (Lipinski definition) is 3. The van der Waals surface area contributed by atoms with Crippen molar-refractivity contribution in [2.75, 3.05) is 13.7 Å². The van der Waals surface area contributed by atoms with Crippen molar-refractivity contribution in [3.63, 3.8) is 0 Å². The number of nitrogens with one attached hydrogen (secondary N) is 1. The van der Waals surface area contributed by atoms with E-state index in [9.17, 15) is 19.4 Å². The van der Waals surface area contributed by atoms with E-state index in [1.54, 1.807) is 7.11 Å². The summed E-state index contributed by atoms with van der Waals surface area (Å²) in [7, 11) is 1.59. The van der Waals surface area contributed by atoms with Crippen LogP contribution in [0.2, 0.25) is 0 Å². The Hall–Kier alpha value is -2.52. The van der Waals surface area contributed by atoms with E-state index < -0.39 is 11.7 Å². The summed E-state index contributed by atoms with van der Waals surface area (Å²) in [4.78, 5) is 12.2. The number of phenols is 1. The number of aromatic hydroxyl groups is 1. The van der Waals surface area contributed by atoms with Crippen molar-refractivity contribution in [3.05, 3.63) is 41.2 Å². The molecule has 2 aromatic rings. The predicted molar refractivity (Wildman–Crippen MR) is 89.1 cm³/mol. The first-order chi connectivity index (χ1) is 12.5. The fourth-order valence-electron chi connectivity index (χ4n) is 3.14. The van der Waals surface area contributed by atoms with Gasteiger partial charge in [-0.25, -0.2) is 4.39 Å². The first kappa shape index (κ1) is 18.3. The Morgan fingerprint density at radius 2 is 2.19 bits per heavy atom. The van der Waals surface area contributed by atoms with Crippen molar-refractivity contribution in [2.24, 2.45) is 0 Å². The zero-order valence-electron chi connectivity index (χ0n) is 14.4. The van der Waals surface area contributed by atoms with Crippen LogP contribution in [0.4, 0.5) is 4.39 Å². The lowest BCUT2D eigenvalue weighted by molar-refractivity contribution is 0.0899. The van der Waals surface area contributed by atoms with Crippen molar-refractivity contribution >= 4 is 5.91 Å². The molecule has 1 saturated carbocycles. The van der Waals surface area contributed by atoms with Gasteiger partial charge in [0.1, 0.15) is 29.6 Å². The number of nitrogens with zero attached hydrogens (tertiary/aromatic N) is 3. The molecule has 0 aliphatic heterocycles. The molecule has 1 aliphatic carbocycles. The van der Waals surface area contributed by atoms with Gasteiger partial charge in [-0.15, -0.1) is 10.2 Å². The Labute approximate surface area is 149 Å². The van der Waals surface area contributed by atoms with Crippen molar-refractivity contribution in [1.29, 1.82) is 0 Å². The van der Waals surface area contributed by atoms with E-state index in [-0.39, 0.29) is 29.9 Å². The van der Waals surface area contributed by atoms with Crippen LogP contribution in [-0.4, -0.2) is 50.6 Å². The molecule has 1 aliphatic rings. The van der Waals surface area contributed by atoms with Crippen molar-refractivity contribution in [3.8, 4) is 5.75 Å². The summed E-state index contributed by atoms with van der Waals surface area (Å²) < 4.78 is 20.7. The zero-order chi connectivity index (χ0) is 18.7. The summed E-state index contributed by atoms with van der Waals surface area (Å²) in [6.07, 6.45) is 1.25. The van der Waals surface area contributed by atoms with Crippen LogP contribution in [0, 0.1) is 5.82 Å². The minimum absolute atomic E-state index is 0.0826. The number of amides is 1. The smallest absolute Gasteiger partial charge is 0.258 e. The summed E-state index contributed by atoms with van der Waals surface area (Å²) in [5.74, 6) is -0.484. The topological polar surface area (TPSA) is 110 Å². The van der Waals surface area contributed by atoms with Crippen LogP contribution >= 0.6 is 0 Å². The van der Waals surface area contributed by atoms with Crippen LogP contribution in [0.5, 0.6) is 5.75 Å². The van der Waals surface area contributed by atoms with E-state index >= 15 is 0 Å². The monoisotopic (exact) mass is 364 g/mol. The molecule has 26 heavy (non-hydrogen) atoms. The van der Waals surface area contributed by atoms with E-state index in [2.05, 4.69) is 15.5 Å². The number of methoxy groups -OCH3 is 1. The van der Waals surface area contributed by atoms with Gasteiger partial charge >= 0.3 is 0 Å². The average molecular weight is 364 g/mol. The third-order valence-corrected chi connectivity index (χ3v) is 4.57. The lowest BCUT2D eigenvalue weighted by Crippen LogP contribution is -2.44. The first-order valence-corrected chi connectivity index (χ1v) is 8.35. The van der Waals surface area contributed by atoms with E-state index in [1.165, 1.54) is 12.1 Å². The lowest BCUT2D eigenvalue weighted by Gasteiger charge is -2.35. The van der Waals surface area contributed by atoms with Gasteiger partial charge in [0, 0.05) is 25.6 Å². The zero-order valence-corrected chi connectivity index (χ0v) is 14.4. The minimum atomic E-state index is -0.759. The highest BCUT2D eigenvalue weighted by molar-refractivity contribution is 5.97. The highest BCUT2D eigenvalue weighted by atomic mass is 19.1. The minimum Gasteiger partial charge on any atom is -0.507 e. The quantitative estimate of drug-likeness (QED) is 0.675. The third-order valence-electron chi connectivity index (χ3n) is 4.57. The van der Waals surface area contributed by atoms with Gasteiger partial charge in [-0.2, -0.15) is 0 Å². The molecule has 1 aromatic heterocycles. The van der Waals surface area contributed by atoms with Crippen LogP contribution in [0.3, 0.4) is 0 Å². The number of benzene rings is 1. The number of halogens is 1. The highest BCUT2D eigenvalue weighted by Crippen LogP contribution is 2.36. The molecule has 0 radical (unpaired) electrons. The molecule has 0 saturated heterocycles. The maximum absolute atomic E-state index is 13.7. The van der Waals surface area contributed by atoms with E-state index in [0.29, 0.717) is 31.8 Å². The number of hydrogen-bond acceptors (Lipinski definition) is 6. The maximum Gasteiger partial charge on any atom is 0.258 e. The fraction of sp³-hybridized carbons (Fsp3) is 0.471. The number of phenolic OH excluding ortho intramolecular Hbond substituents is 1. The van der Waals surface area contributed by atoms with Crippen LogP contribution in [0.15, 0.2) is 18.2 Å². The summed E-state index contributed by atoms with van der Waals surface area (Å²) >= 11 is 0. The molecule has 1 aromatic carbocycles. The van der Waals surface area contributed by atoms with E-state index in [0.717, 1.165) is 11.9 Å². The third kappa shape index (κ3) is 3.54. The molecular formula is C17H21FN4O4. The van der Waals surface area contributed by atoms with Gasteiger partial charge in [-0.3, -0.25) is 4.79 Å². The second kappa shape index (κ2) is 7.79. The molecule has 0 spiro atoms.